The van der Waals surface area contributed by atoms with Crippen LogP contribution in [0.25, 0.3) is 0 Å². The number of benzene rings is 2. The molecule has 1 amide bonds. The Labute approximate surface area is 132 Å². The largest absolute Gasteiger partial charge is 0.369 e. The molecule has 1 unspecified atom stereocenters. The van der Waals surface area contributed by atoms with Crippen LogP contribution in [0.4, 0.5) is 10.1 Å². The van der Waals surface area contributed by atoms with E-state index in [2.05, 4.69) is 37.2 Å². The normalized spacial score (nSPS) is 11.9. The summed E-state index contributed by atoms with van der Waals surface area (Å²) < 4.78 is 15.3. The molecule has 0 fully saturated rings. The number of hydrogen-bond acceptors (Lipinski definition) is 2. The van der Waals surface area contributed by atoms with Gasteiger partial charge in [-0.05, 0) is 40.2 Å². The lowest BCUT2D eigenvalue weighted by Crippen LogP contribution is -2.28. The Balaban J connectivity index is 2.37. The van der Waals surface area contributed by atoms with Gasteiger partial charge in [-0.3, -0.25) is 4.79 Å². The summed E-state index contributed by atoms with van der Waals surface area (Å²) in [5.41, 5.74) is 6.25. The Morgan fingerprint density at radius 1 is 1.20 bits per heavy atom. The highest BCUT2D eigenvalue weighted by atomic mass is 79.9. The highest BCUT2D eigenvalue weighted by Gasteiger charge is 2.22. The Hall–Kier alpha value is -1.40. The van der Waals surface area contributed by atoms with Crippen LogP contribution in [0.2, 0.25) is 0 Å². The first kappa shape index (κ1) is 15.0. The molecular formula is C14H11Br2FN2O. The van der Waals surface area contributed by atoms with Crippen LogP contribution in [0.15, 0.2) is 51.4 Å². The molecule has 20 heavy (non-hydrogen) atoms. The predicted octanol–water partition coefficient (Wildman–Crippen LogP) is 3.99. The molecule has 0 radical (unpaired) electrons. The van der Waals surface area contributed by atoms with Crippen molar-refractivity contribution in [1.82, 2.24) is 0 Å². The molecule has 0 spiro atoms. The second-order valence-corrected chi connectivity index (χ2v) is 5.90. The molecule has 104 valence electrons. The van der Waals surface area contributed by atoms with Gasteiger partial charge in [0.1, 0.15) is 11.9 Å². The van der Waals surface area contributed by atoms with Crippen molar-refractivity contribution < 1.29 is 9.18 Å². The molecule has 3 N–H and O–H groups in total. The van der Waals surface area contributed by atoms with E-state index in [0.29, 0.717) is 10.2 Å². The quantitative estimate of drug-likeness (QED) is 0.813. The number of rotatable bonds is 4. The summed E-state index contributed by atoms with van der Waals surface area (Å²) >= 11 is 6.54. The van der Waals surface area contributed by atoms with Crippen LogP contribution in [0.5, 0.6) is 0 Å². The third-order valence-corrected chi connectivity index (χ3v) is 3.92. The molecule has 3 nitrogen and oxygen atoms in total. The van der Waals surface area contributed by atoms with Crippen LogP contribution in [0.1, 0.15) is 11.6 Å². The molecule has 2 aromatic carbocycles. The van der Waals surface area contributed by atoms with E-state index in [1.807, 2.05) is 18.2 Å². The third kappa shape index (κ3) is 3.37. The summed E-state index contributed by atoms with van der Waals surface area (Å²) in [6.07, 6.45) is 0. The molecule has 0 saturated carbocycles. The number of hydrogen-bond donors (Lipinski definition) is 2. The number of para-hydroxylation sites is 1. The van der Waals surface area contributed by atoms with E-state index >= 15 is 0 Å². The molecule has 0 aliphatic heterocycles. The molecule has 6 heteroatoms. The summed E-state index contributed by atoms with van der Waals surface area (Å²) in [5, 5.41) is 2.95. The second kappa shape index (κ2) is 6.37. The Kier molecular flexibility index (Phi) is 4.77. The minimum absolute atomic E-state index is 0.205. The van der Waals surface area contributed by atoms with Gasteiger partial charge < -0.3 is 11.1 Å². The van der Waals surface area contributed by atoms with E-state index in [9.17, 15) is 9.18 Å². The highest BCUT2D eigenvalue weighted by molar-refractivity contribution is 9.10. The smallest absolute Gasteiger partial charge is 0.244 e. The summed E-state index contributed by atoms with van der Waals surface area (Å²) in [7, 11) is 0. The predicted molar refractivity (Wildman–Crippen MR) is 83.8 cm³/mol. The molecular weight excluding hydrogens is 391 g/mol. The van der Waals surface area contributed by atoms with E-state index < -0.39 is 17.8 Å². The lowest BCUT2D eigenvalue weighted by molar-refractivity contribution is -0.118. The number of carbonyl (C=O) groups is 1. The second-order valence-electron chi connectivity index (χ2n) is 4.13. The van der Waals surface area contributed by atoms with E-state index in [4.69, 9.17) is 5.73 Å². The van der Waals surface area contributed by atoms with Gasteiger partial charge in [-0.15, -0.1) is 0 Å². The average Bonchev–Trinajstić information content (AvgIpc) is 2.38. The number of primary amides is 1. The van der Waals surface area contributed by atoms with E-state index in [1.165, 1.54) is 12.1 Å². The van der Waals surface area contributed by atoms with Crippen LogP contribution in [0.3, 0.4) is 0 Å². The number of amides is 1. The van der Waals surface area contributed by atoms with Crippen molar-refractivity contribution in [2.45, 2.75) is 6.04 Å². The van der Waals surface area contributed by atoms with Crippen LogP contribution >= 0.6 is 31.9 Å². The minimum Gasteiger partial charge on any atom is -0.369 e. The number of nitrogens with one attached hydrogen (secondary N) is 1. The molecule has 1 atom stereocenters. The van der Waals surface area contributed by atoms with E-state index in [0.717, 1.165) is 4.47 Å². The third-order valence-electron chi connectivity index (χ3n) is 2.73. The standard InChI is InChI=1S/C14H11Br2FN2O/c15-8-5-6-9(11(17)7-8)13(14(18)20)19-12-4-2-1-3-10(12)16/h1-7,13,19H,(H2,18,20). The van der Waals surface area contributed by atoms with Gasteiger partial charge in [0.2, 0.25) is 5.91 Å². The van der Waals surface area contributed by atoms with Crippen LogP contribution in [0, 0.1) is 5.82 Å². The van der Waals surface area contributed by atoms with Crippen molar-refractivity contribution in [2.24, 2.45) is 5.73 Å². The zero-order chi connectivity index (χ0) is 14.7. The summed E-state index contributed by atoms with van der Waals surface area (Å²) in [5.74, 6) is -1.15. The lowest BCUT2D eigenvalue weighted by atomic mass is 10.1. The molecule has 2 rings (SSSR count). The van der Waals surface area contributed by atoms with Crippen molar-refractivity contribution in [1.29, 1.82) is 0 Å². The molecule has 2 aromatic rings. The van der Waals surface area contributed by atoms with Crippen molar-refractivity contribution in [2.75, 3.05) is 5.32 Å². The number of anilines is 1. The molecule has 0 aliphatic rings. The Bertz CT molecular complexity index is 649. The van der Waals surface area contributed by atoms with Gasteiger partial charge in [0, 0.05) is 20.2 Å². The maximum absolute atomic E-state index is 14.0. The van der Waals surface area contributed by atoms with Gasteiger partial charge in [0.05, 0.1) is 0 Å². The lowest BCUT2D eigenvalue weighted by Gasteiger charge is -2.18. The van der Waals surface area contributed by atoms with Crippen molar-refractivity contribution in [3.05, 3.63) is 62.8 Å². The SMILES string of the molecule is NC(=O)C(Nc1ccccc1Br)c1ccc(Br)cc1F. The zero-order valence-electron chi connectivity index (χ0n) is 10.2. The van der Waals surface area contributed by atoms with Crippen LogP contribution < -0.4 is 11.1 Å². The monoisotopic (exact) mass is 400 g/mol. The van der Waals surface area contributed by atoms with Crippen LogP contribution in [-0.4, -0.2) is 5.91 Å². The molecule has 0 saturated heterocycles. The molecule has 0 heterocycles. The maximum atomic E-state index is 14.0. The van der Waals surface area contributed by atoms with Gasteiger partial charge >= 0.3 is 0 Å². The fourth-order valence-electron chi connectivity index (χ4n) is 1.77. The fraction of sp³-hybridized carbons (Fsp3) is 0.0714. The van der Waals surface area contributed by atoms with Crippen LogP contribution in [-0.2, 0) is 4.79 Å². The zero-order valence-corrected chi connectivity index (χ0v) is 13.4. The Morgan fingerprint density at radius 2 is 1.90 bits per heavy atom. The van der Waals surface area contributed by atoms with E-state index in [1.54, 1.807) is 12.1 Å². The first-order chi connectivity index (χ1) is 9.49. The minimum atomic E-state index is -0.943. The average molecular weight is 402 g/mol. The maximum Gasteiger partial charge on any atom is 0.244 e. The van der Waals surface area contributed by atoms with E-state index in [-0.39, 0.29) is 5.56 Å². The summed E-state index contributed by atoms with van der Waals surface area (Å²) in [6, 6.07) is 10.8. The van der Waals surface area contributed by atoms with Gasteiger partial charge in [0.25, 0.3) is 0 Å². The first-order valence-electron chi connectivity index (χ1n) is 5.74. The fourth-order valence-corrected chi connectivity index (χ4v) is 2.50. The molecule has 0 aromatic heterocycles. The van der Waals surface area contributed by atoms with Crippen molar-refractivity contribution in [3.63, 3.8) is 0 Å². The van der Waals surface area contributed by atoms with Crippen molar-refractivity contribution in [3.8, 4) is 0 Å². The Morgan fingerprint density at radius 3 is 2.50 bits per heavy atom. The van der Waals surface area contributed by atoms with Crippen molar-refractivity contribution >= 4 is 43.5 Å². The highest BCUT2D eigenvalue weighted by Crippen LogP contribution is 2.28. The van der Waals surface area contributed by atoms with Gasteiger partial charge in [-0.2, -0.15) is 0 Å². The summed E-state index contributed by atoms with van der Waals surface area (Å²) in [6.45, 7) is 0. The first-order valence-corrected chi connectivity index (χ1v) is 7.33. The topological polar surface area (TPSA) is 55.1 Å². The van der Waals surface area contributed by atoms with Gasteiger partial charge in [0.15, 0.2) is 0 Å². The number of carbonyl (C=O) groups excluding carboxylic acids is 1. The summed E-state index contributed by atoms with van der Waals surface area (Å²) in [4.78, 5) is 11.6. The van der Waals surface area contributed by atoms with Gasteiger partial charge in [-0.1, -0.05) is 34.1 Å². The molecule has 0 aliphatic carbocycles. The van der Waals surface area contributed by atoms with Gasteiger partial charge in [-0.25, -0.2) is 4.39 Å². The number of halogens is 3. The molecule has 0 bridgehead atoms. The number of nitrogens with two attached hydrogens (primary N) is 1.